The summed E-state index contributed by atoms with van der Waals surface area (Å²) in [6.45, 7) is 0. The molecular weight excluding hydrogens is 621 g/mol. The van der Waals surface area contributed by atoms with E-state index in [4.69, 9.17) is 4.42 Å². The van der Waals surface area contributed by atoms with E-state index in [-0.39, 0.29) is 0 Å². The van der Waals surface area contributed by atoms with E-state index in [1.807, 2.05) is 12.1 Å². The molecule has 0 unspecified atom stereocenters. The maximum atomic E-state index is 6.07. The fraction of sp³-hybridized carbons (Fsp3) is 0. The van der Waals surface area contributed by atoms with Crippen LogP contribution in [0.3, 0.4) is 0 Å². The van der Waals surface area contributed by atoms with Gasteiger partial charge in [0.2, 0.25) is 0 Å². The summed E-state index contributed by atoms with van der Waals surface area (Å²) in [6, 6.07) is 69.2. The van der Waals surface area contributed by atoms with Crippen LogP contribution >= 0.6 is 0 Å². The number of para-hydroxylation sites is 4. The number of furan rings is 1. The van der Waals surface area contributed by atoms with Gasteiger partial charge in [-0.25, -0.2) is 0 Å². The Morgan fingerprint density at radius 2 is 0.784 bits per heavy atom. The van der Waals surface area contributed by atoms with Gasteiger partial charge in [0.15, 0.2) is 0 Å². The largest absolute Gasteiger partial charge is 0.456 e. The summed E-state index contributed by atoms with van der Waals surface area (Å²) in [5, 5.41) is 4.83. The Bertz CT molecular complexity index is 2770. The molecular formula is C48H32N2O. The average Bonchev–Trinajstić information content (AvgIpc) is 3.75. The predicted octanol–water partition coefficient (Wildman–Crippen LogP) is 13.5. The molecule has 0 saturated heterocycles. The highest BCUT2D eigenvalue weighted by Gasteiger charge is 2.15. The van der Waals surface area contributed by atoms with Crippen LogP contribution in [0.25, 0.3) is 71.7 Å². The van der Waals surface area contributed by atoms with Crippen molar-refractivity contribution in [2.75, 3.05) is 4.90 Å². The van der Waals surface area contributed by atoms with Crippen LogP contribution in [0.2, 0.25) is 0 Å². The highest BCUT2D eigenvalue weighted by atomic mass is 16.3. The first-order valence-corrected chi connectivity index (χ1v) is 17.3. The molecule has 0 spiro atoms. The molecule has 10 rings (SSSR count). The molecule has 0 fully saturated rings. The Morgan fingerprint density at radius 3 is 1.41 bits per heavy atom. The van der Waals surface area contributed by atoms with Crippen molar-refractivity contribution in [2.45, 2.75) is 0 Å². The van der Waals surface area contributed by atoms with Crippen LogP contribution in [-0.4, -0.2) is 4.57 Å². The minimum absolute atomic E-state index is 0.911. The van der Waals surface area contributed by atoms with Gasteiger partial charge in [0.25, 0.3) is 0 Å². The monoisotopic (exact) mass is 652 g/mol. The van der Waals surface area contributed by atoms with E-state index in [0.717, 1.165) is 44.7 Å². The third-order valence-corrected chi connectivity index (χ3v) is 10.0. The van der Waals surface area contributed by atoms with Crippen LogP contribution in [-0.2, 0) is 0 Å². The van der Waals surface area contributed by atoms with Gasteiger partial charge in [-0.05, 0) is 101 Å². The van der Waals surface area contributed by atoms with E-state index in [1.54, 1.807) is 0 Å². The average molecular weight is 653 g/mol. The molecule has 0 N–H and O–H groups in total. The lowest BCUT2D eigenvalue weighted by Gasteiger charge is -2.26. The van der Waals surface area contributed by atoms with E-state index < -0.39 is 0 Å². The number of hydrogen-bond donors (Lipinski definition) is 0. The van der Waals surface area contributed by atoms with Crippen molar-refractivity contribution >= 4 is 60.8 Å². The minimum Gasteiger partial charge on any atom is -0.456 e. The summed E-state index contributed by atoms with van der Waals surface area (Å²) in [5.74, 6) is 0. The zero-order valence-corrected chi connectivity index (χ0v) is 27.8. The molecule has 0 amide bonds. The molecule has 10 aromatic rings. The molecule has 3 nitrogen and oxygen atoms in total. The van der Waals surface area contributed by atoms with Crippen molar-refractivity contribution in [2.24, 2.45) is 0 Å². The fourth-order valence-corrected chi connectivity index (χ4v) is 7.54. The number of hydrogen-bond acceptors (Lipinski definition) is 2. The first-order valence-electron chi connectivity index (χ1n) is 17.3. The maximum Gasteiger partial charge on any atom is 0.135 e. The summed E-state index contributed by atoms with van der Waals surface area (Å²) in [5.41, 5.74) is 13.4. The highest BCUT2D eigenvalue weighted by Crippen LogP contribution is 2.38. The quantitative estimate of drug-likeness (QED) is 0.178. The second-order valence-electron chi connectivity index (χ2n) is 13.0. The number of benzene rings is 8. The molecule has 0 atom stereocenters. The normalized spacial score (nSPS) is 11.5. The third kappa shape index (κ3) is 4.98. The summed E-state index contributed by atoms with van der Waals surface area (Å²) in [6.07, 6.45) is 0. The lowest BCUT2D eigenvalue weighted by Crippen LogP contribution is -2.09. The predicted molar refractivity (Wildman–Crippen MR) is 214 cm³/mol. The molecule has 240 valence electrons. The van der Waals surface area contributed by atoms with Gasteiger partial charge in [0.1, 0.15) is 11.2 Å². The Labute approximate surface area is 295 Å². The molecule has 3 heteroatoms. The zero-order valence-electron chi connectivity index (χ0n) is 27.8. The van der Waals surface area contributed by atoms with Gasteiger partial charge in [0, 0.05) is 44.3 Å². The molecule has 8 aromatic carbocycles. The van der Waals surface area contributed by atoms with Gasteiger partial charge in [-0.3, -0.25) is 0 Å². The summed E-state index contributed by atoms with van der Waals surface area (Å²) in [7, 11) is 0. The Morgan fingerprint density at radius 1 is 0.333 bits per heavy atom. The number of aromatic nitrogens is 1. The molecule has 0 aliphatic rings. The van der Waals surface area contributed by atoms with Gasteiger partial charge in [-0.2, -0.15) is 0 Å². The van der Waals surface area contributed by atoms with Gasteiger partial charge >= 0.3 is 0 Å². The lowest BCUT2D eigenvalue weighted by molar-refractivity contribution is 0.669. The Kier molecular flexibility index (Phi) is 6.81. The van der Waals surface area contributed by atoms with Crippen molar-refractivity contribution in [3.63, 3.8) is 0 Å². The van der Waals surface area contributed by atoms with E-state index in [0.29, 0.717) is 0 Å². The van der Waals surface area contributed by atoms with Crippen LogP contribution in [0.4, 0.5) is 17.1 Å². The van der Waals surface area contributed by atoms with Crippen LogP contribution in [0.15, 0.2) is 199 Å². The first kappa shape index (κ1) is 29.1. The second-order valence-corrected chi connectivity index (χ2v) is 13.0. The van der Waals surface area contributed by atoms with Crippen LogP contribution in [0.1, 0.15) is 0 Å². The van der Waals surface area contributed by atoms with E-state index >= 15 is 0 Å². The maximum absolute atomic E-state index is 6.07. The molecule has 0 aliphatic carbocycles. The van der Waals surface area contributed by atoms with E-state index in [1.165, 1.54) is 44.1 Å². The van der Waals surface area contributed by atoms with Gasteiger partial charge in [0.05, 0.1) is 11.0 Å². The van der Waals surface area contributed by atoms with Crippen molar-refractivity contribution in [3.8, 4) is 27.9 Å². The number of anilines is 3. The molecule has 2 aromatic heterocycles. The van der Waals surface area contributed by atoms with Crippen LogP contribution in [0, 0.1) is 0 Å². The molecule has 0 aliphatic heterocycles. The van der Waals surface area contributed by atoms with Gasteiger partial charge in [-0.15, -0.1) is 0 Å². The first-order chi connectivity index (χ1) is 25.3. The van der Waals surface area contributed by atoms with Crippen LogP contribution < -0.4 is 4.90 Å². The topological polar surface area (TPSA) is 21.3 Å². The Hall–Kier alpha value is -6.84. The highest BCUT2D eigenvalue weighted by molar-refractivity contribution is 6.09. The molecule has 0 bridgehead atoms. The van der Waals surface area contributed by atoms with Crippen molar-refractivity contribution in [3.05, 3.63) is 194 Å². The zero-order chi connectivity index (χ0) is 33.7. The molecule has 2 heterocycles. The van der Waals surface area contributed by atoms with E-state index in [9.17, 15) is 0 Å². The molecule has 0 saturated carbocycles. The SMILES string of the molecule is c1ccc(N(c2ccc(-c3ccc(-n4c5ccccc5c5ccccc54)cc3)cc2)c2ccc(-c3ccc4oc5ccccc5c4c3)cc2)cc1. The summed E-state index contributed by atoms with van der Waals surface area (Å²) < 4.78 is 8.43. The van der Waals surface area contributed by atoms with E-state index in [2.05, 4.69) is 191 Å². The minimum atomic E-state index is 0.911. The van der Waals surface area contributed by atoms with Gasteiger partial charge in [-0.1, -0.05) is 115 Å². The van der Waals surface area contributed by atoms with Gasteiger partial charge < -0.3 is 13.9 Å². The second kappa shape index (κ2) is 11.9. The number of rotatable bonds is 6. The third-order valence-electron chi connectivity index (χ3n) is 10.0. The smallest absolute Gasteiger partial charge is 0.135 e. The van der Waals surface area contributed by atoms with Crippen molar-refractivity contribution in [1.82, 2.24) is 4.57 Å². The summed E-state index contributed by atoms with van der Waals surface area (Å²) >= 11 is 0. The fourth-order valence-electron chi connectivity index (χ4n) is 7.54. The summed E-state index contributed by atoms with van der Waals surface area (Å²) in [4.78, 5) is 2.31. The molecule has 0 radical (unpaired) electrons. The van der Waals surface area contributed by atoms with Crippen LogP contribution in [0.5, 0.6) is 0 Å². The number of nitrogens with zero attached hydrogens (tertiary/aromatic N) is 2. The number of fused-ring (bicyclic) bond motifs is 6. The Balaban J connectivity index is 0.966. The lowest BCUT2D eigenvalue weighted by atomic mass is 10.0. The van der Waals surface area contributed by atoms with Crippen molar-refractivity contribution < 1.29 is 4.42 Å². The molecule has 51 heavy (non-hydrogen) atoms. The van der Waals surface area contributed by atoms with Crippen molar-refractivity contribution in [1.29, 1.82) is 0 Å². The standard InChI is InChI=1S/C48H32N2O/c1-2-10-37(11-3-1)49(39-27-22-35(23-28-39)36-24-31-48-44(32-36)43-14-6-9-17-47(43)51-48)38-25-18-33(19-26-38)34-20-29-40(30-21-34)50-45-15-7-4-12-41(45)42-13-5-8-16-46(42)50/h1-32H.